The lowest BCUT2D eigenvalue weighted by Crippen LogP contribution is -2.58. The number of carbonyl (C=O) groups is 1. The van der Waals surface area contributed by atoms with Gasteiger partial charge in [0.05, 0.1) is 6.61 Å². The molecular weight excluding hydrogens is 254 g/mol. The van der Waals surface area contributed by atoms with Crippen molar-refractivity contribution in [3.63, 3.8) is 0 Å². The molecule has 2 rings (SSSR count). The number of hydrogen-bond donors (Lipinski definition) is 1. The lowest BCUT2D eigenvalue weighted by Gasteiger charge is -2.43. The number of nitrogens with zero attached hydrogens (tertiary/aromatic N) is 2. The molecule has 2 aliphatic rings. The van der Waals surface area contributed by atoms with Crippen LogP contribution in [0.15, 0.2) is 0 Å². The van der Waals surface area contributed by atoms with Crippen LogP contribution in [0.1, 0.15) is 33.6 Å². The van der Waals surface area contributed by atoms with E-state index in [1.165, 1.54) is 19.4 Å². The maximum atomic E-state index is 12.0. The molecule has 0 aromatic carbocycles. The summed E-state index contributed by atoms with van der Waals surface area (Å²) in [6, 6.07) is 1.01. The molecule has 3 atom stereocenters. The van der Waals surface area contributed by atoms with Crippen molar-refractivity contribution in [2.24, 2.45) is 0 Å². The zero-order valence-corrected chi connectivity index (χ0v) is 13.1. The molecule has 0 aliphatic carbocycles. The van der Waals surface area contributed by atoms with E-state index < -0.39 is 0 Å². The van der Waals surface area contributed by atoms with Gasteiger partial charge in [-0.2, -0.15) is 0 Å². The Morgan fingerprint density at radius 2 is 2.20 bits per heavy atom. The van der Waals surface area contributed by atoms with Gasteiger partial charge in [0.1, 0.15) is 6.04 Å². The highest BCUT2D eigenvalue weighted by molar-refractivity contribution is 5.76. The zero-order chi connectivity index (χ0) is 14.5. The third kappa shape index (κ3) is 3.71. The van der Waals surface area contributed by atoms with Gasteiger partial charge in [-0.25, -0.2) is 0 Å². The molecule has 0 aromatic rings. The van der Waals surface area contributed by atoms with Crippen LogP contribution in [0, 0.1) is 0 Å². The van der Waals surface area contributed by atoms with Gasteiger partial charge in [-0.1, -0.05) is 6.92 Å². The summed E-state index contributed by atoms with van der Waals surface area (Å²) >= 11 is 0. The van der Waals surface area contributed by atoms with Crippen LogP contribution in [-0.4, -0.2) is 73.2 Å². The minimum absolute atomic E-state index is 0.115. The monoisotopic (exact) mass is 283 g/mol. The first-order chi connectivity index (χ1) is 9.65. The minimum atomic E-state index is -0.199. The minimum Gasteiger partial charge on any atom is -0.465 e. The van der Waals surface area contributed by atoms with Gasteiger partial charge in [0.15, 0.2) is 0 Å². The van der Waals surface area contributed by atoms with Crippen LogP contribution < -0.4 is 5.32 Å². The molecule has 0 radical (unpaired) electrons. The van der Waals surface area contributed by atoms with Crippen molar-refractivity contribution >= 4 is 5.97 Å². The smallest absolute Gasteiger partial charge is 0.324 e. The van der Waals surface area contributed by atoms with Gasteiger partial charge in [0.2, 0.25) is 0 Å². The second-order valence-corrected chi connectivity index (χ2v) is 5.96. The molecule has 0 amide bonds. The number of rotatable bonds is 6. The number of carbonyl (C=O) groups excluding carboxylic acids is 1. The van der Waals surface area contributed by atoms with Crippen LogP contribution >= 0.6 is 0 Å². The Kier molecular flexibility index (Phi) is 5.81. The maximum Gasteiger partial charge on any atom is 0.324 e. The van der Waals surface area contributed by atoms with Crippen LogP contribution in [0.4, 0.5) is 0 Å². The fourth-order valence-electron chi connectivity index (χ4n) is 3.45. The Morgan fingerprint density at radius 3 is 2.90 bits per heavy atom. The number of ether oxygens (including phenoxy) is 1. The van der Waals surface area contributed by atoms with Crippen LogP contribution in [0.5, 0.6) is 0 Å². The standard InChI is InChI=1S/C15H29N3O2/c1-4-16-14(15(19)20-5-2)11-18-10-13-7-6-8-17(13)9-12(18)3/h12-14,16H,4-11H2,1-3H3. The number of piperazine rings is 1. The molecule has 116 valence electrons. The van der Waals surface area contributed by atoms with Crippen LogP contribution in [0.3, 0.4) is 0 Å². The van der Waals surface area contributed by atoms with Crippen molar-refractivity contribution in [3.05, 3.63) is 0 Å². The van der Waals surface area contributed by atoms with E-state index in [2.05, 4.69) is 22.0 Å². The zero-order valence-electron chi connectivity index (χ0n) is 13.1. The van der Waals surface area contributed by atoms with Crippen LogP contribution in [-0.2, 0) is 9.53 Å². The van der Waals surface area contributed by atoms with E-state index in [4.69, 9.17) is 4.74 Å². The van der Waals surface area contributed by atoms with E-state index in [1.807, 2.05) is 13.8 Å². The Morgan fingerprint density at radius 1 is 1.40 bits per heavy atom. The van der Waals surface area contributed by atoms with Crippen LogP contribution in [0.2, 0.25) is 0 Å². The van der Waals surface area contributed by atoms with E-state index in [-0.39, 0.29) is 12.0 Å². The van der Waals surface area contributed by atoms with Gasteiger partial charge < -0.3 is 10.1 Å². The van der Waals surface area contributed by atoms with Crippen molar-refractivity contribution in [1.29, 1.82) is 0 Å². The van der Waals surface area contributed by atoms with Crippen LogP contribution in [0.25, 0.3) is 0 Å². The lowest BCUT2D eigenvalue weighted by molar-refractivity contribution is -0.146. The highest BCUT2D eigenvalue weighted by Gasteiger charge is 2.36. The molecular formula is C15H29N3O2. The topological polar surface area (TPSA) is 44.8 Å². The lowest BCUT2D eigenvalue weighted by atomic mass is 10.1. The highest BCUT2D eigenvalue weighted by Crippen LogP contribution is 2.24. The molecule has 0 aromatic heterocycles. The Balaban J connectivity index is 1.93. The average molecular weight is 283 g/mol. The van der Waals surface area contributed by atoms with Crippen molar-refractivity contribution in [2.75, 3.05) is 39.3 Å². The largest absolute Gasteiger partial charge is 0.465 e. The predicted molar refractivity (Wildman–Crippen MR) is 79.7 cm³/mol. The summed E-state index contributed by atoms with van der Waals surface area (Å²) in [5, 5.41) is 3.26. The molecule has 20 heavy (non-hydrogen) atoms. The molecule has 2 fully saturated rings. The third-order valence-electron chi connectivity index (χ3n) is 4.51. The second kappa shape index (κ2) is 7.38. The summed E-state index contributed by atoms with van der Waals surface area (Å²) in [5.74, 6) is -0.115. The van der Waals surface area contributed by atoms with E-state index in [0.717, 1.165) is 26.2 Å². The molecule has 0 bridgehead atoms. The second-order valence-electron chi connectivity index (χ2n) is 5.96. The molecule has 3 unspecified atom stereocenters. The average Bonchev–Trinajstić information content (AvgIpc) is 2.85. The predicted octanol–water partition coefficient (Wildman–Crippen LogP) is 0.696. The van der Waals surface area contributed by atoms with Crippen molar-refractivity contribution in [3.8, 4) is 0 Å². The van der Waals surface area contributed by atoms with Crippen molar-refractivity contribution < 1.29 is 9.53 Å². The highest BCUT2D eigenvalue weighted by atomic mass is 16.5. The summed E-state index contributed by atoms with van der Waals surface area (Å²) < 4.78 is 5.18. The number of likely N-dealkylation sites (N-methyl/N-ethyl adjacent to an activating group) is 1. The molecule has 1 N–H and O–H groups in total. The van der Waals surface area contributed by atoms with Crippen molar-refractivity contribution in [2.45, 2.75) is 51.7 Å². The van der Waals surface area contributed by atoms with E-state index >= 15 is 0 Å². The van der Waals surface area contributed by atoms with Gasteiger partial charge in [0.25, 0.3) is 0 Å². The molecule has 2 saturated heterocycles. The Bertz CT molecular complexity index is 324. The summed E-state index contributed by atoms with van der Waals surface area (Å²) in [4.78, 5) is 17.1. The fourth-order valence-corrected chi connectivity index (χ4v) is 3.45. The van der Waals surface area contributed by atoms with Gasteiger partial charge >= 0.3 is 5.97 Å². The summed E-state index contributed by atoms with van der Waals surface area (Å²) in [5.41, 5.74) is 0. The van der Waals surface area contributed by atoms with Gasteiger partial charge in [0, 0.05) is 31.7 Å². The molecule has 5 heteroatoms. The number of esters is 1. The summed E-state index contributed by atoms with van der Waals surface area (Å²) in [6.07, 6.45) is 2.62. The maximum absolute atomic E-state index is 12.0. The third-order valence-corrected chi connectivity index (χ3v) is 4.51. The Labute approximate surface area is 122 Å². The van der Waals surface area contributed by atoms with E-state index in [9.17, 15) is 4.79 Å². The normalized spacial score (nSPS) is 29.1. The van der Waals surface area contributed by atoms with Gasteiger partial charge in [-0.3, -0.25) is 14.6 Å². The van der Waals surface area contributed by atoms with E-state index in [1.54, 1.807) is 0 Å². The Hall–Kier alpha value is -0.650. The molecule has 2 aliphatic heterocycles. The first kappa shape index (κ1) is 15.7. The van der Waals surface area contributed by atoms with Crippen molar-refractivity contribution in [1.82, 2.24) is 15.1 Å². The summed E-state index contributed by atoms with van der Waals surface area (Å²) in [6.45, 7) is 11.6. The molecule has 5 nitrogen and oxygen atoms in total. The first-order valence-electron chi connectivity index (χ1n) is 8.03. The number of hydrogen-bond acceptors (Lipinski definition) is 5. The SMILES string of the molecule is CCNC(CN1CC2CCCN2CC1C)C(=O)OCC. The van der Waals surface area contributed by atoms with Gasteiger partial charge in [-0.15, -0.1) is 0 Å². The number of nitrogens with one attached hydrogen (secondary N) is 1. The molecule has 0 saturated carbocycles. The first-order valence-corrected chi connectivity index (χ1v) is 8.03. The fraction of sp³-hybridized carbons (Fsp3) is 0.933. The quantitative estimate of drug-likeness (QED) is 0.727. The van der Waals surface area contributed by atoms with E-state index in [0.29, 0.717) is 18.7 Å². The number of fused-ring (bicyclic) bond motifs is 1. The molecule has 2 heterocycles. The summed E-state index contributed by atoms with van der Waals surface area (Å²) in [7, 11) is 0. The molecule has 0 spiro atoms. The van der Waals surface area contributed by atoms with Gasteiger partial charge in [-0.05, 0) is 39.8 Å².